The van der Waals surface area contributed by atoms with Crippen LogP contribution >= 0.6 is 0 Å². The molecule has 0 fully saturated rings. The Hall–Kier alpha value is -2.61. The first kappa shape index (κ1) is 22.6. The lowest BCUT2D eigenvalue weighted by Crippen LogP contribution is -2.15. The van der Waals surface area contributed by atoms with Crippen LogP contribution in [0, 0.1) is 5.92 Å². The van der Waals surface area contributed by atoms with Crippen molar-refractivity contribution >= 4 is 21.0 Å². The number of nitrogens with zero attached hydrogens (tertiary/aromatic N) is 2. The predicted molar refractivity (Wildman–Crippen MR) is 118 cm³/mol. The van der Waals surface area contributed by atoms with Gasteiger partial charge in [0.25, 0.3) is 0 Å². The quantitative estimate of drug-likeness (QED) is 0.518. The maximum Gasteiger partial charge on any atom is 0.435 e. The zero-order chi connectivity index (χ0) is 22.9. The molecule has 2 aliphatic rings. The molecule has 0 aliphatic heterocycles. The van der Waals surface area contributed by atoms with Gasteiger partial charge in [0.05, 0.1) is 10.6 Å². The average Bonchev–Trinajstić information content (AvgIpc) is 3.18. The molecule has 32 heavy (non-hydrogen) atoms. The zero-order valence-electron chi connectivity index (χ0n) is 17.8. The summed E-state index contributed by atoms with van der Waals surface area (Å²) in [4.78, 5) is 0.249. The molecule has 4 nitrogen and oxygen atoms in total. The molecule has 1 unspecified atom stereocenters. The molecule has 1 heterocycles. The number of rotatable bonds is 5. The number of hydrogen-bond acceptors (Lipinski definition) is 3. The lowest BCUT2D eigenvalue weighted by molar-refractivity contribution is -0.141. The van der Waals surface area contributed by atoms with E-state index in [0.29, 0.717) is 25.1 Å². The second-order valence-corrected chi connectivity index (χ2v) is 10.4. The summed E-state index contributed by atoms with van der Waals surface area (Å²) in [5, 5.41) is 3.90. The molecule has 170 valence electrons. The van der Waals surface area contributed by atoms with Gasteiger partial charge in [-0.05, 0) is 72.9 Å². The van der Waals surface area contributed by atoms with Gasteiger partial charge in [0, 0.05) is 12.8 Å². The Morgan fingerprint density at radius 1 is 1.12 bits per heavy atom. The lowest BCUT2D eigenvalue weighted by Gasteiger charge is -2.20. The summed E-state index contributed by atoms with van der Waals surface area (Å²) in [7, 11) is -3.32. The van der Waals surface area contributed by atoms with Gasteiger partial charge in [-0.3, -0.25) is 4.68 Å². The van der Waals surface area contributed by atoms with Crippen molar-refractivity contribution in [2.75, 3.05) is 6.26 Å². The van der Waals surface area contributed by atoms with Gasteiger partial charge >= 0.3 is 6.18 Å². The van der Waals surface area contributed by atoms with Crippen LogP contribution in [-0.4, -0.2) is 24.5 Å². The second kappa shape index (κ2) is 8.73. The summed E-state index contributed by atoms with van der Waals surface area (Å²) in [5.74, 6) is 0.178. The Morgan fingerprint density at radius 3 is 2.50 bits per heavy atom. The molecule has 0 N–H and O–H groups in total. The van der Waals surface area contributed by atoms with E-state index < -0.39 is 21.7 Å². The van der Waals surface area contributed by atoms with Gasteiger partial charge in [0.2, 0.25) is 0 Å². The molecule has 2 aliphatic carbocycles. The third-order valence-electron chi connectivity index (χ3n) is 5.94. The Labute approximate surface area is 186 Å². The highest BCUT2D eigenvalue weighted by Crippen LogP contribution is 2.36. The van der Waals surface area contributed by atoms with Crippen molar-refractivity contribution in [1.29, 1.82) is 0 Å². The van der Waals surface area contributed by atoms with Crippen LogP contribution in [0.15, 0.2) is 59.5 Å². The molecule has 8 heteroatoms. The minimum Gasteiger partial charge on any atom is -0.264 e. The highest BCUT2D eigenvalue weighted by Gasteiger charge is 2.35. The van der Waals surface area contributed by atoms with Crippen LogP contribution < -0.4 is 0 Å². The molecule has 0 spiro atoms. The molecule has 0 amide bonds. The van der Waals surface area contributed by atoms with E-state index in [1.54, 1.807) is 18.2 Å². The summed E-state index contributed by atoms with van der Waals surface area (Å²) < 4.78 is 65.3. The maximum absolute atomic E-state index is 13.4. The summed E-state index contributed by atoms with van der Waals surface area (Å²) >= 11 is 0. The minimum absolute atomic E-state index is 0.178. The molecule has 0 radical (unpaired) electrons. The number of benzene rings is 1. The third-order valence-corrected chi connectivity index (χ3v) is 7.05. The fraction of sp³-hybridized carbons (Fsp3) is 0.375. The summed E-state index contributed by atoms with van der Waals surface area (Å²) in [6.45, 7) is 0.423. The van der Waals surface area contributed by atoms with Gasteiger partial charge in [-0.15, -0.1) is 0 Å². The minimum atomic E-state index is -4.50. The van der Waals surface area contributed by atoms with Crippen LogP contribution in [0.1, 0.15) is 49.1 Å². The molecule has 4 rings (SSSR count). The second-order valence-electron chi connectivity index (χ2n) is 8.40. The largest absolute Gasteiger partial charge is 0.435 e. The Balaban J connectivity index is 1.66. The van der Waals surface area contributed by atoms with E-state index in [4.69, 9.17) is 0 Å². The van der Waals surface area contributed by atoms with E-state index in [2.05, 4.69) is 17.3 Å². The molecule has 0 saturated heterocycles. The van der Waals surface area contributed by atoms with Gasteiger partial charge < -0.3 is 0 Å². The van der Waals surface area contributed by atoms with Crippen molar-refractivity contribution in [2.24, 2.45) is 5.92 Å². The molecule has 0 saturated carbocycles. The Morgan fingerprint density at radius 2 is 1.88 bits per heavy atom. The smallest absolute Gasteiger partial charge is 0.264 e. The van der Waals surface area contributed by atoms with E-state index >= 15 is 0 Å². The SMILES string of the molecule is CS(=O)(=O)c1cccc(C2=CC=C(c3cc(C(F)(F)F)nn3CC3C=CCCC3)CC2)c1. The van der Waals surface area contributed by atoms with Crippen molar-refractivity contribution in [3.63, 3.8) is 0 Å². The van der Waals surface area contributed by atoms with E-state index in [1.807, 2.05) is 18.2 Å². The molecule has 0 bridgehead atoms. The normalized spacial score (nSPS) is 19.6. The molecular formula is C24H25F3N2O2S. The predicted octanol–water partition coefficient (Wildman–Crippen LogP) is 5.92. The first-order valence-electron chi connectivity index (χ1n) is 10.6. The lowest BCUT2D eigenvalue weighted by atomic mass is 9.91. The number of allylic oxidation sites excluding steroid dienone is 6. The van der Waals surface area contributed by atoms with Gasteiger partial charge in [-0.2, -0.15) is 18.3 Å². The summed E-state index contributed by atoms with van der Waals surface area (Å²) in [6, 6.07) is 7.89. The van der Waals surface area contributed by atoms with Gasteiger partial charge in [-0.25, -0.2) is 8.42 Å². The zero-order valence-corrected chi connectivity index (χ0v) is 18.6. The molecule has 2 aromatic rings. The van der Waals surface area contributed by atoms with Crippen LogP contribution in [0.25, 0.3) is 11.1 Å². The van der Waals surface area contributed by atoms with E-state index in [-0.39, 0.29) is 10.8 Å². The van der Waals surface area contributed by atoms with Crippen LogP contribution in [0.3, 0.4) is 0 Å². The van der Waals surface area contributed by atoms with Crippen LogP contribution in [0.2, 0.25) is 0 Å². The molecule has 1 aromatic carbocycles. The fourth-order valence-corrected chi connectivity index (χ4v) is 4.89. The first-order chi connectivity index (χ1) is 15.1. The van der Waals surface area contributed by atoms with Crippen molar-refractivity contribution in [3.8, 4) is 0 Å². The average molecular weight is 463 g/mol. The third kappa shape index (κ3) is 5.06. The first-order valence-corrected chi connectivity index (χ1v) is 12.5. The van der Waals surface area contributed by atoms with Crippen LogP contribution in [-0.2, 0) is 22.6 Å². The number of hydrogen-bond donors (Lipinski definition) is 0. The maximum atomic E-state index is 13.4. The highest BCUT2D eigenvalue weighted by atomic mass is 32.2. The van der Waals surface area contributed by atoms with E-state index in [9.17, 15) is 21.6 Å². The van der Waals surface area contributed by atoms with E-state index in [1.165, 1.54) is 10.9 Å². The van der Waals surface area contributed by atoms with Crippen LogP contribution in [0.5, 0.6) is 0 Å². The Kier molecular flexibility index (Phi) is 6.16. The number of aromatic nitrogens is 2. The summed E-state index contributed by atoms with van der Waals surface area (Å²) in [5.41, 5.74) is 2.19. The topological polar surface area (TPSA) is 52.0 Å². The van der Waals surface area contributed by atoms with Crippen LogP contribution in [0.4, 0.5) is 13.2 Å². The van der Waals surface area contributed by atoms with Crippen molar-refractivity contribution in [3.05, 3.63) is 71.6 Å². The van der Waals surface area contributed by atoms with Crippen molar-refractivity contribution in [2.45, 2.75) is 49.7 Å². The Bertz CT molecular complexity index is 1200. The number of halogens is 3. The molecule has 1 atom stereocenters. The van der Waals surface area contributed by atoms with Crippen molar-refractivity contribution in [1.82, 2.24) is 9.78 Å². The number of sulfone groups is 1. The van der Waals surface area contributed by atoms with E-state index in [0.717, 1.165) is 42.0 Å². The van der Waals surface area contributed by atoms with Crippen molar-refractivity contribution < 1.29 is 21.6 Å². The molecule has 1 aromatic heterocycles. The number of alkyl halides is 3. The fourth-order valence-electron chi connectivity index (χ4n) is 4.23. The standard InChI is InChI=1S/C24H25F3N2O2S/c1-32(30,31)21-9-5-8-20(14-21)18-10-12-19(13-11-18)22-15-23(24(25,26)27)28-29(22)16-17-6-3-2-4-7-17/h3,5-6,8-10,12,14-15,17H,2,4,7,11,13,16H2,1H3. The van der Waals surface area contributed by atoms with Gasteiger partial charge in [0.1, 0.15) is 0 Å². The van der Waals surface area contributed by atoms with Gasteiger partial charge in [0.15, 0.2) is 15.5 Å². The molecular weight excluding hydrogens is 437 g/mol. The van der Waals surface area contributed by atoms with Gasteiger partial charge in [-0.1, -0.05) is 36.4 Å². The monoisotopic (exact) mass is 462 g/mol. The highest BCUT2D eigenvalue weighted by molar-refractivity contribution is 7.90. The summed E-state index contributed by atoms with van der Waals surface area (Å²) in [6.07, 6.45) is 8.67.